The number of carbonyl (C=O) groups excluding carboxylic acids is 1. The van der Waals surface area contributed by atoms with Gasteiger partial charge < -0.3 is 10.4 Å². The highest BCUT2D eigenvalue weighted by molar-refractivity contribution is 5.81. The zero-order valence-corrected chi connectivity index (χ0v) is 14.2. The summed E-state index contributed by atoms with van der Waals surface area (Å²) >= 11 is 0. The van der Waals surface area contributed by atoms with Crippen LogP contribution in [0.4, 0.5) is 0 Å². The first-order chi connectivity index (χ1) is 11.1. The Balaban J connectivity index is 1.53. The topological polar surface area (TPSA) is 52.6 Å². The minimum atomic E-state index is -0.841. The van der Waals surface area contributed by atoms with E-state index >= 15 is 0 Å². The Bertz CT molecular complexity index is 548. The zero-order valence-electron chi connectivity index (χ0n) is 14.2. The summed E-state index contributed by atoms with van der Waals surface area (Å²) in [4.78, 5) is 14.5. The second-order valence-corrected chi connectivity index (χ2v) is 7.13. The van der Waals surface area contributed by atoms with Gasteiger partial charge in [-0.15, -0.1) is 0 Å². The van der Waals surface area contributed by atoms with E-state index in [1.807, 2.05) is 0 Å². The van der Waals surface area contributed by atoms with Crippen molar-refractivity contribution in [3.05, 3.63) is 35.4 Å². The van der Waals surface area contributed by atoms with Crippen LogP contribution in [0.25, 0.3) is 0 Å². The van der Waals surface area contributed by atoms with Crippen molar-refractivity contribution in [1.82, 2.24) is 10.2 Å². The standard InChI is InChI=1S/C19H28N2O2/c1-13-5-3-4-6-17(13)14(2)21-11-9-15(10-12-21)18(22)19(23)20-16-7-8-16/h3-6,14-16,18,22H,7-12H2,1-2H3,(H,20,23). The molecule has 1 saturated heterocycles. The quantitative estimate of drug-likeness (QED) is 0.877. The minimum Gasteiger partial charge on any atom is -0.383 e. The van der Waals surface area contributed by atoms with E-state index in [-0.39, 0.29) is 11.8 Å². The fraction of sp³-hybridized carbons (Fsp3) is 0.632. The van der Waals surface area contributed by atoms with Crippen LogP contribution in [0.2, 0.25) is 0 Å². The molecule has 1 aromatic rings. The molecule has 1 amide bonds. The molecule has 2 N–H and O–H groups in total. The first kappa shape index (κ1) is 16.5. The van der Waals surface area contributed by atoms with Gasteiger partial charge in [-0.2, -0.15) is 0 Å². The molecule has 0 spiro atoms. The van der Waals surface area contributed by atoms with E-state index in [9.17, 15) is 9.90 Å². The minimum absolute atomic E-state index is 0.0917. The Morgan fingerprint density at radius 3 is 2.48 bits per heavy atom. The Morgan fingerprint density at radius 1 is 1.22 bits per heavy atom. The molecule has 23 heavy (non-hydrogen) atoms. The molecule has 1 heterocycles. The van der Waals surface area contributed by atoms with Crippen molar-refractivity contribution in [2.24, 2.45) is 5.92 Å². The number of amides is 1. The van der Waals surface area contributed by atoms with Crippen molar-refractivity contribution in [2.45, 2.75) is 57.7 Å². The second kappa shape index (κ2) is 7.02. The molecule has 0 bridgehead atoms. The Morgan fingerprint density at radius 2 is 1.87 bits per heavy atom. The number of hydrogen-bond acceptors (Lipinski definition) is 3. The van der Waals surface area contributed by atoms with Gasteiger partial charge in [0.25, 0.3) is 0 Å². The molecule has 1 aliphatic carbocycles. The molecule has 1 aliphatic heterocycles. The zero-order chi connectivity index (χ0) is 16.4. The van der Waals surface area contributed by atoms with E-state index < -0.39 is 6.10 Å². The summed E-state index contributed by atoms with van der Waals surface area (Å²) in [6.07, 6.45) is 3.05. The number of rotatable bonds is 5. The highest BCUT2D eigenvalue weighted by Gasteiger charge is 2.34. The Kier molecular flexibility index (Phi) is 5.02. The lowest BCUT2D eigenvalue weighted by Gasteiger charge is -2.37. The molecule has 4 nitrogen and oxygen atoms in total. The lowest BCUT2D eigenvalue weighted by molar-refractivity contribution is -0.133. The smallest absolute Gasteiger partial charge is 0.249 e. The fourth-order valence-corrected chi connectivity index (χ4v) is 3.60. The Hall–Kier alpha value is -1.39. The van der Waals surface area contributed by atoms with E-state index in [0.717, 1.165) is 38.8 Å². The number of nitrogens with zero attached hydrogens (tertiary/aromatic N) is 1. The van der Waals surface area contributed by atoms with Gasteiger partial charge in [0, 0.05) is 12.1 Å². The van der Waals surface area contributed by atoms with Crippen molar-refractivity contribution in [3.63, 3.8) is 0 Å². The third-order valence-electron chi connectivity index (χ3n) is 5.40. The average molecular weight is 316 g/mol. The maximum Gasteiger partial charge on any atom is 0.249 e. The molecule has 0 radical (unpaired) electrons. The van der Waals surface area contributed by atoms with Gasteiger partial charge in [-0.25, -0.2) is 0 Å². The van der Waals surface area contributed by atoms with Gasteiger partial charge in [-0.3, -0.25) is 9.69 Å². The van der Waals surface area contributed by atoms with Crippen LogP contribution in [0.15, 0.2) is 24.3 Å². The van der Waals surface area contributed by atoms with E-state index in [0.29, 0.717) is 12.1 Å². The number of aliphatic hydroxyl groups is 1. The summed E-state index contributed by atoms with van der Waals surface area (Å²) in [6.45, 7) is 6.28. The molecule has 2 atom stereocenters. The third kappa shape index (κ3) is 3.93. The summed E-state index contributed by atoms with van der Waals surface area (Å²) in [6, 6.07) is 9.23. The summed E-state index contributed by atoms with van der Waals surface area (Å²) in [5, 5.41) is 13.2. The molecule has 1 aromatic carbocycles. The molecule has 2 unspecified atom stereocenters. The lowest BCUT2D eigenvalue weighted by atomic mass is 9.89. The van der Waals surface area contributed by atoms with Gasteiger partial charge >= 0.3 is 0 Å². The predicted molar refractivity (Wildman–Crippen MR) is 91.1 cm³/mol. The van der Waals surface area contributed by atoms with Gasteiger partial charge in [0.1, 0.15) is 6.10 Å². The van der Waals surface area contributed by atoms with Gasteiger partial charge in [-0.1, -0.05) is 24.3 Å². The van der Waals surface area contributed by atoms with Gasteiger partial charge in [0.05, 0.1) is 0 Å². The fourth-order valence-electron chi connectivity index (χ4n) is 3.60. The highest BCUT2D eigenvalue weighted by atomic mass is 16.3. The molecular formula is C19H28N2O2. The van der Waals surface area contributed by atoms with Crippen LogP contribution in [0.1, 0.15) is 49.8 Å². The molecule has 2 fully saturated rings. The van der Waals surface area contributed by atoms with Gasteiger partial charge in [0.15, 0.2) is 0 Å². The van der Waals surface area contributed by atoms with E-state index in [1.165, 1.54) is 11.1 Å². The van der Waals surface area contributed by atoms with Crippen molar-refractivity contribution in [1.29, 1.82) is 0 Å². The number of hydrogen-bond donors (Lipinski definition) is 2. The van der Waals surface area contributed by atoms with Crippen LogP contribution in [0.5, 0.6) is 0 Å². The van der Waals surface area contributed by atoms with Crippen LogP contribution in [0.3, 0.4) is 0 Å². The first-order valence-electron chi connectivity index (χ1n) is 8.84. The van der Waals surface area contributed by atoms with Crippen LogP contribution in [-0.4, -0.2) is 41.1 Å². The van der Waals surface area contributed by atoms with Gasteiger partial charge in [0.2, 0.25) is 5.91 Å². The first-order valence-corrected chi connectivity index (χ1v) is 8.84. The molecule has 126 valence electrons. The molecule has 2 aliphatic rings. The number of nitrogens with one attached hydrogen (secondary N) is 1. The third-order valence-corrected chi connectivity index (χ3v) is 5.40. The summed E-state index contributed by atoms with van der Waals surface area (Å²) < 4.78 is 0. The lowest BCUT2D eigenvalue weighted by Crippen LogP contribution is -2.45. The van der Waals surface area contributed by atoms with Crippen LogP contribution >= 0.6 is 0 Å². The SMILES string of the molecule is Cc1ccccc1C(C)N1CCC(C(O)C(=O)NC2CC2)CC1. The monoisotopic (exact) mass is 316 g/mol. The normalized spacial score (nSPS) is 22.6. The number of aliphatic hydroxyl groups excluding tert-OH is 1. The number of aryl methyl sites for hydroxylation is 1. The number of benzene rings is 1. The molecule has 3 rings (SSSR count). The maximum absolute atomic E-state index is 12.0. The Labute approximate surface area is 138 Å². The van der Waals surface area contributed by atoms with Crippen LogP contribution in [0, 0.1) is 12.8 Å². The second-order valence-electron chi connectivity index (χ2n) is 7.13. The summed E-state index contributed by atoms with van der Waals surface area (Å²) in [5.41, 5.74) is 2.70. The van der Waals surface area contributed by atoms with Crippen LogP contribution in [-0.2, 0) is 4.79 Å². The maximum atomic E-state index is 12.0. The molecule has 4 heteroatoms. The van der Waals surface area contributed by atoms with Crippen molar-refractivity contribution in [2.75, 3.05) is 13.1 Å². The van der Waals surface area contributed by atoms with Crippen LogP contribution < -0.4 is 5.32 Å². The number of piperidine rings is 1. The largest absolute Gasteiger partial charge is 0.383 e. The van der Waals surface area contributed by atoms with Crippen molar-refractivity contribution < 1.29 is 9.90 Å². The van der Waals surface area contributed by atoms with E-state index in [2.05, 4.69) is 48.3 Å². The van der Waals surface area contributed by atoms with Gasteiger partial charge in [-0.05, 0) is 69.7 Å². The molecule has 1 saturated carbocycles. The van der Waals surface area contributed by atoms with Crippen molar-refractivity contribution in [3.8, 4) is 0 Å². The summed E-state index contributed by atoms with van der Waals surface area (Å²) in [7, 11) is 0. The summed E-state index contributed by atoms with van der Waals surface area (Å²) in [5.74, 6) is -0.0769. The van der Waals surface area contributed by atoms with E-state index in [4.69, 9.17) is 0 Å². The average Bonchev–Trinajstić information content (AvgIpc) is 3.38. The van der Waals surface area contributed by atoms with E-state index in [1.54, 1.807) is 0 Å². The number of carbonyl (C=O) groups is 1. The molecule has 0 aromatic heterocycles. The number of likely N-dealkylation sites (tertiary alicyclic amines) is 1. The molecular weight excluding hydrogens is 288 g/mol. The highest BCUT2D eigenvalue weighted by Crippen LogP contribution is 2.30. The van der Waals surface area contributed by atoms with Crippen molar-refractivity contribution >= 4 is 5.91 Å². The predicted octanol–water partition coefficient (Wildman–Crippen LogP) is 2.41.